The zero-order chi connectivity index (χ0) is 19.8. The van der Waals surface area contributed by atoms with Gasteiger partial charge in [0, 0.05) is 35.1 Å². The van der Waals surface area contributed by atoms with Crippen LogP contribution in [-0.2, 0) is 16.1 Å². The fraction of sp³-hybridized carbons (Fsp3) is 0.100. The molecule has 8 heteroatoms. The van der Waals surface area contributed by atoms with E-state index in [1.807, 2.05) is 46.5 Å². The summed E-state index contributed by atoms with van der Waals surface area (Å²) < 4.78 is 1.84. The Labute approximate surface area is 170 Å². The second-order valence-corrected chi connectivity index (χ2v) is 7.03. The molecule has 0 unspecified atom stereocenters. The van der Waals surface area contributed by atoms with Crippen LogP contribution in [-0.4, -0.2) is 27.9 Å². The minimum absolute atomic E-state index is 0.180. The Hall–Kier alpha value is -3.03. The van der Waals surface area contributed by atoms with Gasteiger partial charge < -0.3 is 9.88 Å². The summed E-state index contributed by atoms with van der Waals surface area (Å²) in [5, 5.41) is 5.03. The lowest BCUT2D eigenvalue weighted by atomic mass is 10.2. The van der Waals surface area contributed by atoms with Gasteiger partial charge in [0.25, 0.3) is 5.91 Å². The Morgan fingerprint density at radius 3 is 2.89 bits per heavy atom. The van der Waals surface area contributed by atoms with E-state index < -0.39 is 5.91 Å². The van der Waals surface area contributed by atoms with Crippen LogP contribution in [0.5, 0.6) is 0 Å². The van der Waals surface area contributed by atoms with Gasteiger partial charge in [-0.2, -0.15) is 4.99 Å². The first-order chi connectivity index (χ1) is 13.6. The molecule has 1 aromatic carbocycles. The van der Waals surface area contributed by atoms with E-state index in [0.717, 1.165) is 11.1 Å². The lowest BCUT2D eigenvalue weighted by molar-refractivity contribution is -0.122. The molecule has 0 aliphatic rings. The van der Waals surface area contributed by atoms with Crippen molar-refractivity contribution in [2.24, 2.45) is 4.99 Å². The van der Waals surface area contributed by atoms with Crippen molar-refractivity contribution in [3.05, 3.63) is 87.4 Å². The van der Waals surface area contributed by atoms with E-state index in [9.17, 15) is 9.59 Å². The number of amides is 2. The summed E-state index contributed by atoms with van der Waals surface area (Å²) in [6, 6.07) is 11.1. The molecule has 28 heavy (non-hydrogen) atoms. The molecule has 0 atom stereocenters. The number of nitrogens with one attached hydrogen (secondary N) is 1. The Kier molecular flexibility index (Phi) is 6.89. The number of hydrogen-bond acceptors (Lipinski definition) is 4. The molecule has 0 radical (unpaired) electrons. The highest BCUT2D eigenvalue weighted by Crippen LogP contribution is 2.15. The van der Waals surface area contributed by atoms with Gasteiger partial charge in [-0.3, -0.25) is 14.6 Å². The summed E-state index contributed by atoms with van der Waals surface area (Å²) in [5.41, 5.74) is 1.73. The van der Waals surface area contributed by atoms with E-state index in [2.05, 4.69) is 15.3 Å². The largest absolute Gasteiger partial charge is 0.343 e. The molecule has 0 saturated heterocycles. The number of carbonyl (C=O) groups is 2. The predicted molar refractivity (Wildman–Crippen MR) is 110 cm³/mol. The predicted octanol–water partition coefficient (Wildman–Crippen LogP) is 2.90. The number of nitrogens with zero attached hydrogens (tertiary/aromatic N) is 3. The van der Waals surface area contributed by atoms with Crippen molar-refractivity contribution < 1.29 is 9.59 Å². The second kappa shape index (κ2) is 9.77. The van der Waals surface area contributed by atoms with Gasteiger partial charge >= 0.3 is 0 Å². The lowest BCUT2D eigenvalue weighted by Crippen LogP contribution is -2.28. The average Bonchev–Trinajstić information content (AvgIpc) is 3.14. The minimum atomic E-state index is -0.432. The standard InChI is InChI=1S/C20H17ClN4O2S/c21-17-6-2-1-5-16(17)14-25-10-11-28-20(25)24-19(27)13-23-18(26)8-7-15-4-3-9-22-12-15/h1-12H,13-14H2,(H,23,26)/b8-7-,24-20?. The zero-order valence-corrected chi connectivity index (χ0v) is 16.4. The number of aromatic nitrogens is 2. The van der Waals surface area contributed by atoms with Crippen LogP contribution in [0.2, 0.25) is 5.02 Å². The fourth-order valence-electron chi connectivity index (χ4n) is 2.33. The summed E-state index contributed by atoms with van der Waals surface area (Å²) in [6.45, 7) is 0.329. The normalized spacial score (nSPS) is 11.7. The summed E-state index contributed by atoms with van der Waals surface area (Å²) >= 11 is 7.54. The Morgan fingerprint density at radius 2 is 2.11 bits per heavy atom. The molecule has 0 spiro atoms. The maximum Gasteiger partial charge on any atom is 0.267 e. The van der Waals surface area contributed by atoms with E-state index in [1.165, 1.54) is 17.4 Å². The molecule has 6 nitrogen and oxygen atoms in total. The Morgan fingerprint density at radius 1 is 1.25 bits per heavy atom. The highest BCUT2D eigenvalue weighted by Gasteiger charge is 2.05. The maximum absolute atomic E-state index is 12.1. The van der Waals surface area contributed by atoms with Crippen LogP contribution in [0.1, 0.15) is 11.1 Å². The number of halogens is 1. The first-order valence-electron chi connectivity index (χ1n) is 8.42. The van der Waals surface area contributed by atoms with Crippen molar-refractivity contribution in [1.29, 1.82) is 0 Å². The van der Waals surface area contributed by atoms with Crippen LogP contribution in [0.4, 0.5) is 0 Å². The third kappa shape index (κ3) is 5.73. The van der Waals surface area contributed by atoms with Gasteiger partial charge in [0.1, 0.15) is 0 Å². The number of carbonyl (C=O) groups excluding carboxylic acids is 2. The van der Waals surface area contributed by atoms with Gasteiger partial charge in [0.2, 0.25) is 5.91 Å². The minimum Gasteiger partial charge on any atom is -0.343 e. The summed E-state index contributed by atoms with van der Waals surface area (Å²) in [7, 11) is 0. The lowest BCUT2D eigenvalue weighted by Gasteiger charge is -2.05. The molecule has 3 rings (SSSR count). The van der Waals surface area contributed by atoms with Crippen LogP contribution < -0.4 is 10.1 Å². The molecule has 0 saturated carbocycles. The number of thiazole rings is 1. The van der Waals surface area contributed by atoms with Gasteiger partial charge in [-0.15, -0.1) is 11.3 Å². The highest BCUT2D eigenvalue weighted by molar-refractivity contribution is 7.07. The van der Waals surface area contributed by atoms with E-state index in [4.69, 9.17) is 11.6 Å². The zero-order valence-electron chi connectivity index (χ0n) is 14.8. The van der Waals surface area contributed by atoms with Crippen LogP contribution in [0.3, 0.4) is 0 Å². The summed E-state index contributed by atoms with van der Waals surface area (Å²) in [5.74, 6) is -0.805. The van der Waals surface area contributed by atoms with Gasteiger partial charge in [-0.05, 0) is 29.3 Å². The number of pyridine rings is 1. The van der Waals surface area contributed by atoms with Crippen molar-refractivity contribution in [3.63, 3.8) is 0 Å². The van der Waals surface area contributed by atoms with Crippen molar-refractivity contribution in [1.82, 2.24) is 14.9 Å². The molecule has 0 aliphatic heterocycles. The molecular weight excluding hydrogens is 396 g/mol. The van der Waals surface area contributed by atoms with Crippen LogP contribution in [0, 0.1) is 0 Å². The quantitative estimate of drug-likeness (QED) is 0.632. The second-order valence-electron chi connectivity index (χ2n) is 5.75. The molecule has 2 heterocycles. The van der Waals surface area contributed by atoms with Crippen molar-refractivity contribution in [2.45, 2.75) is 6.54 Å². The van der Waals surface area contributed by atoms with Gasteiger partial charge in [-0.1, -0.05) is 35.9 Å². The van der Waals surface area contributed by atoms with E-state index in [1.54, 1.807) is 24.5 Å². The van der Waals surface area contributed by atoms with Crippen molar-refractivity contribution in [3.8, 4) is 0 Å². The van der Waals surface area contributed by atoms with Gasteiger partial charge in [0.05, 0.1) is 13.1 Å². The van der Waals surface area contributed by atoms with E-state index in [0.29, 0.717) is 16.4 Å². The third-order valence-corrected chi connectivity index (χ3v) is 4.87. The molecule has 2 aromatic heterocycles. The van der Waals surface area contributed by atoms with E-state index in [-0.39, 0.29) is 12.5 Å². The number of hydrogen-bond donors (Lipinski definition) is 1. The van der Waals surface area contributed by atoms with Crippen molar-refractivity contribution in [2.75, 3.05) is 6.54 Å². The van der Waals surface area contributed by atoms with Gasteiger partial charge in [-0.25, -0.2) is 0 Å². The number of rotatable bonds is 6. The van der Waals surface area contributed by atoms with Crippen LogP contribution in [0.25, 0.3) is 6.08 Å². The Bertz CT molecular complexity index is 1060. The van der Waals surface area contributed by atoms with Crippen molar-refractivity contribution >= 4 is 40.8 Å². The highest BCUT2D eigenvalue weighted by atomic mass is 35.5. The summed E-state index contributed by atoms with van der Waals surface area (Å²) in [4.78, 5) is 32.5. The molecule has 142 valence electrons. The molecule has 3 aromatic rings. The molecule has 0 bridgehead atoms. The smallest absolute Gasteiger partial charge is 0.267 e. The molecular formula is C20H17ClN4O2S. The SMILES string of the molecule is O=C(CNC(=O)/C=C\c1cccnc1)N=c1sccn1Cc1ccccc1Cl. The Balaban J connectivity index is 1.59. The van der Waals surface area contributed by atoms with E-state index >= 15 is 0 Å². The average molecular weight is 413 g/mol. The first-order valence-corrected chi connectivity index (χ1v) is 9.68. The summed E-state index contributed by atoms with van der Waals surface area (Å²) in [6.07, 6.45) is 8.11. The van der Waals surface area contributed by atoms with Crippen LogP contribution >= 0.6 is 22.9 Å². The van der Waals surface area contributed by atoms with Crippen LogP contribution in [0.15, 0.2) is 71.4 Å². The molecule has 0 fully saturated rings. The topological polar surface area (TPSA) is 76.3 Å². The number of benzene rings is 1. The molecule has 2 amide bonds. The maximum atomic E-state index is 12.1. The molecule has 0 aliphatic carbocycles. The fourth-order valence-corrected chi connectivity index (χ4v) is 3.27. The van der Waals surface area contributed by atoms with Gasteiger partial charge in [0.15, 0.2) is 4.80 Å². The molecule has 1 N–H and O–H groups in total. The third-order valence-electron chi connectivity index (χ3n) is 3.70. The monoisotopic (exact) mass is 412 g/mol. The first kappa shape index (κ1) is 19.7.